The number of aliphatic carboxylic acids is 1. The number of rotatable bonds is 41. The Morgan fingerprint density at radius 3 is 1.28 bits per heavy atom. The molecular formula is C60H98N20O21S. The average molecular weight is 1470 g/mol. The fourth-order valence-electron chi connectivity index (χ4n) is 11.8. The first-order chi connectivity index (χ1) is 48.3. The molecule has 0 radical (unpaired) electrons. The van der Waals surface area contributed by atoms with Crippen molar-refractivity contribution in [1.82, 2.24) is 72.8 Å². The molecule has 0 aliphatic carbocycles. The molecule has 4 rings (SSSR count). The number of nitrogens with one attached hydrogen (secondary N) is 10. The number of aliphatic hydroxyl groups is 3. The topological polar surface area (TPSA) is 647 Å². The van der Waals surface area contributed by atoms with Crippen molar-refractivity contribution in [2.24, 2.45) is 33.7 Å². The highest BCUT2D eigenvalue weighted by Gasteiger charge is 2.48. The molecule has 0 aromatic carbocycles. The van der Waals surface area contributed by atoms with Gasteiger partial charge in [-0.25, -0.2) is 4.79 Å². The van der Waals surface area contributed by atoms with E-state index in [1.807, 2.05) is 0 Å². The smallest absolute Gasteiger partial charge is 0.326 e. The second-order valence-corrected chi connectivity index (χ2v) is 25.8. The highest BCUT2D eigenvalue weighted by Crippen LogP contribution is 2.31. The molecule has 0 aromatic rings. The van der Waals surface area contributed by atoms with E-state index in [1.165, 1.54) is 38.3 Å². The largest absolute Gasteiger partial charge is 0.480 e. The molecule has 41 nitrogen and oxygen atoms in total. The molecule has 4 saturated heterocycles. The van der Waals surface area contributed by atoms with Crippen molar-refractivity contribution in [3.8, 4) is 0 Å². The Morgan fingerprint density at radius 2 is 0.833 bits per heavy atom. The van der Waals surface area contributed by atoms with Gasteiger partial charge in [0, 0.05) is 45.6 Å². The van der Waals surface area contributed by atoms with Gasteiger partial charge in [-0.05, 0) is 109 Å². The van der Waals surface area contributed by atoms with Crippen molar-refractivity contribution < 1.29 is 102 Å². The molecule has 13 atom stereocenters. The van der Waals surface area contributed by atoms with Gasteiger partial charge in [-0.3, -0.25) is 81.7 Å². The predicted octanol–water partition coefficient (Wildman–Crippen LogP) is -11.2. The lowest BCUT2D eigenvalue weighted by molar-refractivity contribution is -0.152. The number of carboxylic acids is 1. The number of guanidine groups is 1. The lowest BCUT2D eigenvalue weighted by Crippen LogP contribution is -2.60. The summed E-state index contributed by atoms with van der Waals surface area (Å²) in [5.74, 6) is -15.6. The van der Waals surface area contributed by atoms with Gasteiger partial charge < -0.3 is 122 Å². The highest BCUT2D eigenvalue weighted by atomic mass is 32.2. The number of thioether (sulfide) groups is 1. The molecule has 4 fully saturated rings. The molecule has 570 valence electrons. The number of aliphatic hydroxyl groups excluding tert-OH is 3. The lowest BCUT2D eigenvalue weighted by Gasteiger charge is -2.35. The maximum absolute atomic E-state index is 14.3. The Kier molecular flexibility index (Phi) is 35.0. The molecule has 0 aromatic heterocycles. The average Bonchev–Trinajstić information content (AvgIpc) is 1.62. The minimum atomic E-state index is -1.90. The summed E-state index contributed by atoms with van der Waals surface area (Å²) in [4.78, 5) is 234. The molecule has 24 N–H and O–H groups in total. The zero-order valence-electron chi connectivity index (χ0n) is 57.2. The minimum Gasteiger partial charge on any atom is -0.480 e. The summed E-state index contributed by atoms with van der Waals surface area (Å²) in [6.07, 6.45) is 2.86. The SMILES string of the molecule is CSCC[C@H](NC(=O)[C@H](CCCN=C(N)N)NC(=O)[C@H](C)NC(=O)[C@H](CCC(N)=O)NC(=O)CNC(=O)[C@H](CO)NC(=O)[C@H](CO)NC(=O)[C@H](C)NC(=O)[C@H](CCC(N)=O)NC(=O)[C@H](CO)NC(=O)[C@@H]1CCCN1C(=O)[C@@H]1CCCN1C(=O)[C@@H]1CCCN1C(=O)[C@@H]1CCCN1C(=O)CN)C(=O)O. The molecule has 0 bridgehead atoms. The first kappa shape index (κ1) is 84.9. The Labute approximate surface area is 590 Å². The van der Waals surface area contributed by atoms with Crippen LogP contribution in [-0.2, 0) is 81.5 Å². The lowest BCUT2D eigenvalue weighted by atomic mass is 10.1. The predicted molar refractivity (Wildman–Crippen MR) is 358 cm³/mol. The summed E-state index contributed by atoms with van der Waals surface area (Å²) < 4.78 is 0. The summed E-state index contributed by atoms with van der Waals surface area (Å²) in [6, 6.07) is -18.4. The van der Waals surface area contributed by atoms with Gasteiger partial charge in [0.05, 0.1) is 32.9 Å². The van der Waals surface area contributed by atoms with Crippen molar-refractivity contribution in [1.29, 1.82) is 0 Å². The first-order valence-corrected chi connectivity index (χ1v) is 34.8. The van der Waals surface area contributed by atoms with Gasteiger partial charge in [-0.2, -0.15) is 11.8 Å². The number of hydrogen-bond donors (Lipinski definition) is 19. The van der Waals surface area contributed by atoms with Crippen LogP contribution in [0.3, 0.4) is 0 Å². The monoisotopic (exact) mass is 1470 g/mol. The zero-order valence-corrected chi connectivity index (χ0v) is 58.0. The molecule has 4 heterocycles. The van der Waals surface area contributed by atoms with Crippen molar-refractivity contribution in [2.75, 3.05) is 77.6 Å². The minimum absolute atomic E-state index is 0.0276. The van der Waals surface area contributed by atoms with E-state index in [-0.39, 0.29) is 82.6 Å². The van der Waals surface area contributed by atoms with Crippen molar-refractivity contribution in [2.45, 2.75) is 189 Å². The number of primary amides is 2. The molecule has 102 heavy (non-hydrogen) atoms. The van der Waals surface area contributed by atoms with Crippen LogP contribution in [-0.4, -0.2) is 303 Å². The summed E-state index contributed by atoms with van der Waals surface area (Å²) in [5.41, 5.74) is 27.0. The molecule has 16 amide bonds. The Morgan fingerprint density at radius 1 is 0.461 bits per heavy atom. The van der Waals surface area contributed by atoms with Crippen molar-refractivity contribution in [3.05, 3.63) is 0 Å². The third-order valence-corrected chi connectivity index (χ3v) is 18.0. The van der Waals surface area contributed by atoms with E-state index in [0.29, 0.717) is 50.8 Å². The van der Waals surface area contributed by atoms with Crippen LogP contribution in [0.4, 0.5) is 0 Å². The molecule has 4 aliphatic rings. The second kappa shape index (κ2) is 42.0. The molecular weight excluding hydrogens is 1370 g/mol. The number of hydrogen-bond acceptors (Lipinski definition) is 23. The van der Waals surface area contributed by atoms with Crippen LogP contribution in [0.25, 0.3) is 0 Å². The second-order valence-electron chi connectivity index (χ2n) is 24.8. The van der Waals surface area contributed by atoms with Gasteiger partial charge in [0.15, 0.2) is 5.96 Å². The van der Waals surface area contributed by atoms with Gasteiger partial charge in [0.2, 0.25) is 94.5 Å². The highest BCUT2D eigenvalue weighted by molar-refractivity contribution is 7.98. The first-order valence-electron chi connectivity index (χ1n) is 33.4. The van der Waals surface area contributed by atoms with Crippen molar-refractivity contribution >= 4 is 118 Å². The number of nitrogens with zero attached hydrogens (tertiary/aromatic N) is 5. The summed E-state index contributed by atoms with van der Waals surface area (Å²) in [7, 11) is 0. The van der Waals surface area contributed by atoms with Crippen LogP contribution in [0.15, 0.2) is 4.99 Å². The van der Waals surface area contributed by atoms with E-state index >= 15 is 0 Å². The summed E-state index contributed by atoms with van der Waals surface area (Å²) in [6.45, 7) is -1.34. The number of carbonyl (C=O) groups is 17. The van der Waals surface area contributed by atoms with E-state index in [9.17, 15) is 102 Å². The summed E-state index contributed by atoms with van der Waals surface area (Å²) >= 11 is 1.33. The number of carboxylic acid groups (broad SMARTS) is 1. The van der Waals surface area contributed by atoms with Gasteiger partial charge in [0.1, 0.15) is 78.5 Å². The van der Waals surface area contributed by atoms with Crippen LogP contribution in [0, 0.1) is 0 Å². The zero-order chi connectivity index (χ0) is 76.1. The molecule has 0 saturated carbocycles. The molecule has 42 heteroatoms. The normalized spacial score (nSPS) is 19.7. The molecule has 4 aliphatic heterocycles. The van der Waals surface area contributed by atoms with Gasteiger partial charge >= 0.3 is 5.97 Å². The van der Waals surface area contributed by atoms with E-state index in [4.69, 9.17) is 28.7 Å². The van der Waals surface area contributed by atoms with Crippen LogP contribution in [0.1, 0.15) is 110 Å². The fourth-order valence-corrected chi connectivity index (χ4v) is 12.3. The Hall–Kier alpha value is -9.55. The number of nitrogens with two attached hydrogens (primary N) is 5. The van der Waals surface area contributed by atoms with Crippen LogP contribution < -0.4 is 81.8 Å². The standard InChI is InChI=1S/C60H98N20O21S/c1-30(47(88)71-32(9-4-19-66-60(64)65)52(93)73-35(59(100)101)18-24-102-3)68-50(91)33(14-16-43(62)84)70-45(86)26-67-49(90)36(27-81)75-54(95)37(28-82)74-48(89)31(2)69-51(92)34(15-17-44(63)85)72-53(94)38(29-83)76-55(96)39-10-5-21-78(39)57(98)41-12-7-23-80(41)58(99)42-13-8-22-79(42)56(97)40-11-6-20-77(40)46(87)25-61/h30-42,81-83H,4-29,61H2,1-3H3,(H2,62,84)(H2,63,85)(H,67,90)(H,68,91)(H,69,92)(H,70,86)(H,71,88)(H,72,94)(H,73,93)(H,74,89)(H,75,95)(H,76,96)(H,100,101)(H4,64,65,66)/t30-,31-,32-,33-,34-,35-,36-,37-,38-,39-,40-,41-,42-/m0/s1. The number of aliphatic imine (C=N–C) groups is 1. The van der Waals surface area contributed by atoms with Crippen molar-refractivity contribution in [3.63, 3.8) is 0 Å². The maximum Gasteiger partial charge on any atom is 0.326 e. The summed E-state index contributed by atoms with van der Waals surface area (Å²) in [5, 5.41) is 62.9. The maximum atomic E-state index is 14.3. The van der Waals surface area contributed by atoms with Crippen LogP contribution in [0.2, 0.25) is 0 Å². The van der Waals surface area contributed by atoms with E-state index in [0.717, 1.165) is 6.92 Å². The van der Waals surface area contributed by atoms with Gasteiger partial charge in [-0.1, -0.05) is 0 Å². The molecule has 0 spiro atoms. The van der Waals surface area contributed by atoms with Crippen LogP contribution in [0.5, 0.6) is 0 Å². The van der Waals surface area contributed by atoms with E-state index in [2.05, 4.69) is 58.2 Å². The number of likely N-dealkylation sites (tertiary alicyclic amines) is 4. The Balaban J connectivity index is 1.32. The number of carbonyl (C=O) groups excluding carboxylic acids is 16. The van der Waals surface area contributed by atoms with Gasteiger partial charge in [0.25, 0.3) is 0 Å². The quantitative estimate of drug-likeness (QED) is 0.0154. The van der Waals surface area contributed by atoms with E-state index < -0.39 is 219 Å². The van der Waals surface area contributed by atoms with E-state index in [1.54, 1.807) is 6.26 Å². The fraction of sp³-hybridized carbons (Fsp3) is 0.700. The van der Waals surface area contributed by atoms with Crippen LogP contribution >= 0.6 is 11.8 Å². The Bertz CT molecular complexity index is 3090. The van der Waals surface area contributed by atoms with Gasteiger partial charge in [-0.15, -0.1) is 0 Å². The molecule has 0 unspecified atom stereocenters. The number of amides is 16. The third kappa shape index (κ3) is 25.5. The third-order valence-electron chi connectivity index (χ3n) is 17.3.